The minimum Gasteiger partial charge on any atom is -0.504 e. The molecule has 4 rings (SSSR count). The van der Waals surface area contributed by atoms with Crippen molar-refractivity contribution in [3.05, 3.63) is 35.4 Å². The molecule has 4 atom stereocenters. The highest BCUT2D eigenvalue weighted by Crippen LogP contribution is 2.58. The predicted molar refractivity (Wildman–Crippen MR) is 84.4 cm³/mol. The fourth-order valence-corrected chi connectivity index (χ4v) is 4.73. The fraction of sp³-hybridized carbons (Fsp3) is 0.556. The first-order valence-electron chi connectivity index (χ1n) is 8.10. The molecule has 0 aromatic heterocycles. The molecule has 1 spiro atoms. The molecule has 1 aromatic rings. The van der Waals surface area contributed by atoms with Gasteiger partial charge in [-0.2, -0.15) is 0 Å². The third kappa shape index (κ3) is 1.71. The lowest BCUT2D eigenvalue weighted by atomic mass is 9.61. The Bertz CT molecular complexity index is 641. The number of rotatable bonds is 2. The number of phenolic OH excluding ortho intramolecular Hbond substituents is 1. The van der Waals surface area contributed by atoms with E-state index in [-0.39, 0.29) is 17.3 Å². The molecule has 3 unspecified atom stereocenters. The van der Waals surface area contributed by atoms with E-state index in [4.69, 9.17) is 4.74 Å². The number of piperidine rings is 1. The van der Waals surface area contributed by atoms with Crippen LogP contribution < -0.4 is 4.74 Å². The van der Waals surface area contributed by atoms with Crippen molar-refractivity contribution in [3.63, 3.8) is 0 Å². The number of hydrogen-bond acceptors (Lipinski definition) is 4. The number of nitrogens with zero attached hydrogens (tertiary/aromatic N) is 1. The third-order valence-corrected chi connectivity index (χ3v) is 5.80. The molecule has 2 aliphatic heterocycles. The molecular weight excluding hydrogens is 278 g/mol. The molecule has 4 heteroatoms. The van der Waals surface area contributed by atoms with Crippen LogP contribution in [0.5, 0.6) is 11.5 Å². The zero-order valence-electron chi connectivity index (χ0n) is 13.1. The number of aromatic hydroxyl groups is 1. The zero-order valence-corrected chi connectivity index (χ0v) is 13.1. The standard InChI is InChI=1S/C18H23NO3/c1-3-4-14(21)17-18-7-8-19(2)12(10-18)9-11-5-6-13(20)16(22-17)15(11)18/h3-6,12,14,17,20-21H,7-10H2,1-2H3/b4-3-/t12?,14-,17?,18?/m1/s1. The van der Waals surface area contributed by atoms with Gasteiger partial charge >= 0.3 is 0 Å². The van der Waals surface area contributed by atoms with Crippen LogP contribution in [0.15, 0.2) is 24.3 Å². The van der Waals surface area contributed by atoms with E-state index in [1.165, 1.54) is 5.56 Å². The topological polar surface area (TPSA) is 52.9 Å². The third-order valence-electron chi connectivity index (χ3n) is 5.80. The molecule has 1 saturated heterocycles. The maximum atomic E-state index is 10.6. The summed E-state index contributed by atoms with van der Waals surface area (Å²) in [6.45, 7) is 2.91. The van der Waals surface area contributed by atoms with Gasteiger partial charge in [-0.25, -0.2) is 0 Å². The highest BCUT2D eigenvalue weighted by Gasteiger charge is 2.58. The van der Waals surface area contributed by atoms with Crippen LogP contribution in [0.25, 0.3) is 0 Å². The van der Waals surface area contributed by atoms with E-state index in [2.05, 4.69) is 11.9 Å². The quantitative estimate of drug-likeness (QED) is 0.820. The number of aliphatic hydroxyl groups excluding tert-OH is 1. The van der Waals surface area contributed by atoms with E-state index in [1.54, 1.807) is 12.1 Å². The number of phenols is 1. The monoisotopic (exact) mass is 301 g/mol. The molecule has 4 nitrogen and oxygen atoms in total. The van der Waals surface area contributed by atoms with Crippen molar-refractivity contribution in [1.29, 1.82) is 0 Å². The average molecular weight is 301 g/mol. The van der Waals surface area contributed by atoms with Crippen LogP contribution in [0.3, 0.4) is 0 Å². The summed E-state index contributed by atoms with van der Waals surface area (Å²) in [7, 11) is 2.18. The first-order valence-corrected chi connectivity index (χ1v) is 8.10. The molecule has 3 aliphatic rings. The SMILES string of the molecule is C/C=C\[C@@H](O)C1Oc2c(O)ccc3c2C12CCN(C)C(C3)C2. The van der Waals surface area contributed by atoms with Crippen molar-refractivity contribution in [3.8, 4) is 11.5 Å². The molecule has 22 heavy (non-hydrogen) atoms. The normalized spacial score (nSPS) is 34.5. The summed E-state index contributed by atoms with van der Waals surface area (Å²) < 4.78 is 6.12. The second-order valence-corrected chi connectivity index (χ2v) is 6.95. The first-order chi connectivity index (χ1) is 10.6. The van der Waals surface area contributed by atoms with Crippen molar-refractivity contribution >= 4 is 0 Å². The van der Waals surface area contributed by atoms with Gasteiger partial charge in [0, 0.05) is 17.0 Å². The van der Waals surface area contributed by atoms with Gasteiger partial charge in [-0.1, -0.05) is 18.2 Å². The Morgan fingerprint density at radius 1 is 1.45 bits per heavy atom. The smallest absolute Gasteiger partial charge is 0.165 e. The maximum absolute atomic E-state index is 10.6. The van der Waals surface area contributed by atoms with Crippen LogP contribution in [0, 0.1) is 0 Å². The van der Waals surface area contributed by atoms with Crippen molar-refractivity contribution < 1.29 is 14.9 Å². The van der Waals surface area contributed by atoms with Gasteiger partial charge in [0.05, 0.1) is 0 Å². The maximum Gasteiger partial charge on any atom is 0.165 e. The van der Waals surface area contributed by atoms with Gasteiger partial charge < -0.3 is 19.8 Å². The summed E-state index contributed by atoms with van der Waals surface area (Å²) in [5.74, 6) is 0.805. The molecule has 2 bridgehead atoms. The van der Waals surface area contributed by atoms with Crippen molar-refractivity contribution in [2.24, 2.45) is 0 Å². The molecule has 0 amide bonds. The first kappa shape index (κ1) is 14.1. The van der Waals surface area contributed by atoms with E-state index in [9.17, 15) is 10.2 Å². The van der Waals surface area contributed by atoms with Crippen LogP contribution in [0.1, 0.15) is 30.9 Å². The average Bonchev–Trinajstić information content (AvgIpc) is 2.84. The highest BCUT2D eigenvalue weighted by molar-refractivity contribution is 5.59. The van der Waals surface area contributed by atoms with Crippen molar-refractivity contribution in [2.45, 2.75) is 49.9 Å². The van der Waals surface area contributed by atoms with Gasteiger partial charge in [0.1, 0.15) is 12.2 Å². The second-order valence-electron chi connectivity index (χ2n) is 6.95. The molecule has 0 saturated carbocycles. The van der Waals surface area contributed by atoms with Crippen LogP contribution in [0.2, 0.25) is 0 Å². The van der Waals surface area contributed by atoms with Gasteiger partial charge in [-0.15, -0.1) is 0 Å². The Kier molecular flexibility index (Phi) is 3.03. The van der Waals surface area contributed by atoms with Gasteiger partial charge in [0.25, 0.3) is 0 Å². The Morgan fingerprint density at radius 2 is 2.27 bits per heavy atom. The van der Waals surface area contributed by atoms with E-state index in [0.717, 1.165) is 31.4 Å². The highest BCUT2D eigenvalue weighted by atomic mass is 16.5. The van der Waals surface area contributed by atoms with Crippen LogP contribution >= 0.6 is 0 Å². The van der Waals surface area contributed by atoms with Gasteiger partial charge in [0.2, 0.25) is 0 Å². The Labute approximate surface area is 131 Å². The summed E-state index contributed by atoms with van der Waals surface area (Å²) >= 11 is 0. The lowest BCUT2D eigenvalue weighted by molar-refractivity contribution is -0.0108. The number of benzene rings is 1. The van der Waals surface area contributed by atoms with E-state index in [1.807, 2.05) is 19.1 Å². The number of aliphatic hydroxyl groups is 1. The van der Waals surface area contributed by atoms with E-state index < -0.39 is 6.10 Å². The number of fused-ring (bicyclic) bond motifs is 1. The largest absolute Gasteiger partial charge is 0.504 e. The van der Waals surface area contributed by atoms with E-state index in [0.29, 0.717) is 11.8 Å². The summed E-state index contributed by atoms with van der Waals surface area (Å²) in [4.78, 5) is 2.41. The summed E-state index contributed by atoms with van der Waals surface area (Å²) in [6.07, 6.45) is 5.66. The molecule has 2 N–H and O–H groups in total. The molecule has 2 heterocycles. The van der Waals surface area contributed by atoms with Crippen LogP contribution in [-0.2, 0) is 11.8 Å². The minimum atomic E-state index is -0.646. The van der Waals surface area contributed by atoms with Crippen molar-refractivity contribution in [1.82, 2.24) is 4.90 Å². The van der Waals surface area contributed by atoms with E-state index >= 15 is 0 Å². The van der Waals surface area contributed by atoms with Crippen LogP contribution in [-0.4, -0.2) is 47.0 Å². The lowest BCUT2D eigenvalue weighted by Crippen LogP contribution is -2.57. The summed E-state index contributed by atoms with van der Waals surface area (Å²) in [5.41, 5.74) is 2.26. The molecular formula is C18H23NO3. The Balaban J connectivity index is 1.89. The Hall–Kier alpha value is -1.52. The number of allylic oxidation sites excluding steroid dienone is 1. The lowest BCUT2D eigenvalue weighted by Gasteiger charge is -2.50. The molecule has 1 aliphatic carbocycles. The molecule has 1 fully saturated rings. The van der Waals surface area contributed by atoms with Crippen molar-refractivity contribution in [2.75, 3.05) is 13.6 Å². The van der Waals surface area contributed by atoms with Gasteiger partial charge in [-0.3, -0.25) is 0 Å². The number of ether oxygens (including phenoxy) is 1. The summed E-state index contributed by atoms with van der Waals surface area (Å²) in [5, 5.41) is 20.8. The number of likely N-dealkylation sites (tertiary alicyclic amines) is 1. The molecule has 0 radical (unpaired) electrons. The fourth-order valence-electron chi connectivity index (χ4n) is 4.73. The number of likely N-dealkylation sites (N-methyl/N-ethyl adjacent to an activating group) is 1. The zero-order chi connectivity index (χ0) is 15.5. The Morgan fingerprint density at radius 3 is 3.05 bits per heavy atom. The van der Waals surface area contributed by atoms with Crippen LogP contribution in [0.4, 0.5) is 0 Å². The minimum absolute atomic E-state index is 0.169. The molecule has 118 valence electrons. The van der Waals surface area contributed by atoms with Gasteiger partial charge in [0.15, 0.2) is 11.5 Å². The van der Waals surface area contributed by atoms with Gasteiger partial charge in [-0.05, 0) is 51.4 Å². The predicted octanol–water partition coefficient (Wildman–Crippen LogP) is 1.98. The molecule has 1 aromatic carbocycles. The number of hydrogen-bond donors (Lipinski definition) is 2. The second kappa shape index (κ2) is 4.74. The summed E-state index contributed by atoms with van der Waals surface area (Å²) in [6, 6.07) is 4.25.